The second kappa shape index (κ2) is 7.86. The number of hydrogen-bond donors (Lipinski definition) is 1. The van der Waals surface area contributed by atoms with Crippen molar-refractivity contribution in [3.63, 3.8) is 0 Å². The van der Waals surface area contributed by atoms with E-state index in [1.54, 1.807) is 0 Å². The Kier molecular flexibility index (Phi) is 5.57. The number of nitrogens with zero attached hydrogens (tertiary/aromatic N) is 1. The number of aromatic amines is 1. The van der Waals surface area contributed by atoms with Gasteiger partial charge >= 0.3 is 0 Å². The molecule has 0 aliphatic rings. The van der Waals surface area contributed by atoms with Crippen LogP contribution in [0.4, 0.5) is 0 Å². The quantitative estimate of drug-likeness (QED) is 0.489. The first-order valence-corrected chi connectivity index (χ1v) is 9.72. The topological polar surface area (TPSA) is 28.7 Å². The van der Waals surface area contributed by atoms with E-state index in [0.29, 0.717) is 0 Å². The minimum absolute atomic E-state index is 1.02. The molecule has 1 heterocycles. The molecule has 0 radical (unpaired) electrons. The molecule has 3 aromatic rings. The van der Waals surface area contributed by atoms with Crippen LogP contribution in [0, 0.1) is 13.8 Å². The van der Waals surface area contributed by atoms with Crippen LogP contribution in [-0.2, 0) is 12.8 Å². The summed E-state index contributed by atoms with van der Waals surface area (Å²) in [5.41, 5.74) is 9.20. The fraction of sp³-hybridized carbons (Fsp3) is 0.435. The van der Waals surface area contributed by atoms with Crippen molar-refractivity contribution >= 4 is 11.0 Å². The highest BCUT2D eigenvalue weighted by Crippen LogP contribution is 2.33. The highest BCUT2D eigenvalue weighted by molar-refractivity contribution is 5.81. The van der Waals surface area contributed by atoms with Gasteiger partial charge in [0.15, 0.2) is 0 Å². The van der Waals surface area contributed by atoms with Crippen LogP contribution in [0.15, 0.2) is 30.3 Å². The van der Waals surface area contributed by atoms with Crippen molar-refractivity contribution in [2.45, 2.75) is 66.2 Å². The Hall–Kier alpha value is -2.09. The minimum atomic E-state index is 1.02. The van der Waals surface area contributed by atoms with Gasteiger partial charge in [0.25, 0.3) is 0 Å². The van der Waals surface area contributed by atoms with Crippen LogP contribution in [0.2, 0.25) is 0 Å². The first-order chi connectivity index (χ1) is 12.2. The lowest BCUT2D eigenvalue weighted by Crippen LogP contribution is -2.02. The Bertz CT molecular complexity index is 825. The summed E-state index contributed by atoms with van der Waals surface area (Å²) in [6.07, 6.45) is 7.43. The fourth-order valence-electron chi connectivity index (χ4n) is 3.89. The maximum absolute atomic E-state index is 4.89. The molecule has 2 heteroatoms. The summed E-state index contributed by atoms with van der Waals surface area (Å²) < 4.78 is 0. The number of rotatable bonds is 7. The third-order valence-electron chi connectivity index (χ3n) is 5.30. The maximum Gasteiger partial charge on any atom is 0.139 e. The maximum atomic E-state index is 4.89. The molecule has 0 saturated carbocycles. The van der Waals surface area contributed by atoms with E-state index >= 15 is 0 Å². The lowest BCUT2D eigenvalue weighted by Gasteiger charge is -2.17. The lowest BCUT2D eigenvalue weighted by molar-refractivity contribution is 0.665. The van der Waals surface area contributed by atoms with Crippen LogP contribution >= 0.6 is 0 Å². The van der Waals surface area contributed by atoms with Crippen LogP contribution in [0.1, 0.15) is 61.8 Å². The van der Waals surface area contributed by atoms with Gasteiger partial charge in [-0.05, 0) is 67.5 Å². The molecule has 1 N–H and O–H groups in total. The molecule has 1 aromatic heterocycles. The predicted molar refractivity (Wildman–Crippen MR) is 108 cm³/mol. The average molecular weight is 335 g/mol. The normalized spacial score (nSPS) is 11.4. The summed E-state index contributed by atoms with van der Waals surface area (Å²) >= 11 is 0. The molecular formula is C23H30N2. The molecule has 2 aromatic carbocycles. The summed E-state index contributed by atoms with van der Waals surface area (Å²) in [4.78, 5) is 8.44. The molecule has 3 rings (SSSR count). The molecule has 2 nitrogen and oxygen atoms in total. The number of imidazole rings is 1. The van der Waals surface area contributed by atoms with E-state index in [1.165, 1.54) is 59.9 Å². The number of hydrogen-bond acceptors (Lipinski definition) is 1. The molecule has 0 spiro atoms. The molecule has 0 unspecified atom stereocenters. The number of fused-ring (bicyclic) bond motifs is 1. The fourth-order valence-corrected chi connectivity index (χ4v) is 3.89. The third kappa shape index (κ3) is 3.63. The molecule has 132 valence electrons. The molecule has 0 bridgehead atoms. The van der Waals surface area contributed by atoms with E-state index in [4.69, 9.17) is 4.98 Å². The number of para-hydroxylation sites is 2. The van der Waals surface area contributed by atoms with Crippen molar-refractivity contribution in [2.24, 2.45) is 0 Å². The van der Waals surface area contributed by atoms with E-state index < -0.39 is 0 Å². The summed E-state index contributed by atoms with van der Waals surface area (Å²) in [6.45, 7) is 9.04. The number of benzene rings is 2. The monoisotopic (exact) mass is 334 g/mol. The number of H-pyrrole nitrogens is 1. The van der Waals surface area contributed by atoms with Gasteiger partial charge in [0.1, 0.15) is 5.82 Å². The highest BCUT2D eigenvalue weighted by atomic mass is 14.9. The number of aryl methyl sites for hydroxylation is 2. The predicted octanol–water partition coefficient (Wildman–Crippen LogP) is 6.53. The molecule has 25 heavy (non-hydrogen) atoms. The summed E-state index contributed by atoms with van der Waals surface area (Å²) in [5, 5.41) is 0. The molecular weight excluding hydrogens is 304 g/mol. The second-order valence-corrected chi connectivity index (χ2v) is 7.10. The Labute approximate surface area is 151 Å². The number of unbranched alkanes of at least 4 members (excludes halogenated alkanes) is 3. The van der Waals surface area contributed by atoms with E-state index in [-0.39, 0.29) is 0 Å². The molecule has 0 aliphatic carbocycles. The van der Waals surface area contributed by atoms with Gasteiger partial charge in [-0.1, -0.05) is 51.3 Å². The molecule has 0 amide bonds. The zero-order valence-electron chi connectivity index (χ0n) is 16.1. The molecule has 0 fully saturated rings. The van der Waals surface area contributed by atoms with Crippen molar-refractivity contribution in [3.05, 3.63) is 52.6 Å². The smallest absolute Gasteiger partial charge is 0.139 e. The van der Waals surface area contributed by atoms with Crippen molar-refractivity contribution in [2.75, 3.05) is 0 Å². The zero-order valence-corrected chi connectivity index (χ0v) is 16.1. The van der Waals surface area contributed by atoms with Crippen molar-refractivity contribution in [1.29, 1.82) is 0 Å². The molecule has 0 atom stereocenters. The Morgan fingerprint density at radius 1 is 1.00 bits per heavy atom. The van der Waals surface area contributed by atoms with Crippen molar-refractivity contribution in [3.8, 4) is 11.4 Å². The van der Waals surface area contributed by atoms with Gasteiger partial charge < -0.3 is 4.98 Å². The minimum Gasteiger partial charge on any atom is -0.338 e. The number of aromatic nitrogens is 2. The van der Waals surface area contributed by atoms with Crippen LogP contribution < -0.4 is 0 Å². The Balaban J connectivity index is 2.05. The van der Waals surface area contributed by atoms with E-state index in [9.17, 15) is 0 Å². The molecule has 0 saturated heterocycles. The van der Waals surface area contributed by atoms with Crippen LogP contribution in [0.25, 0.3) is 22.4 Å². The van der Waals surface area contributed by atoms with Gasteiger partial charge in [-0.2, -0.15) is 0 Å². The van der Waals surface area contributed by atoms with Gasteiger partial charge in [-0.25, -0.2) is 4.98 Å². The Morgan fingerprint density at radius 2 is 1.80 bits per heavy atom. The van der Waals surface area contributed by atoms with E-state index in [2.05, 4.69) is 63.0 Å². The highest BCUT2D eigenvalue weighted by Gasteiger charge is 2.17. The summed E-state index contributed by atoms with van der Waals surface area (Å²) in [5.74, 6) is 1.02. The summed E-state index contributed by atoms with van der Waals surface area (Å²) in [7, 11) is 0. The van der Waals surface area contributed by atoms with Crippen molar-refractivity contribution < 1.29 is 0 Å². The first-order valence-electron chi connectivity index (χ1n) is 9.72. The zero-order chi connectivity index (χ0) is 17.8. The standard InChI is InChI=1S/C23H30N2/c1-5-7-8-9-12-18-15-16(3)19(6-2)22(17(18)4)23-24-20-13-10-11-14-21(20)25-23/h10-11,13-15H,5-9,12H2,1-4H3,(H,24,25). The second-order valence-electron chi connectivity index (χ2n) is 7.10. The van der Waals surface area contributed by atoms with Gasteiger partial charge in [-0.3, -0.25) is 0 Å². The van der Waals surface area contributed by atoms with E-state index in [1.807, 2.05) is 0 Å². The van der Waals surface area contributed by atoms with Gasteiger partial charge in [-0.15, -0.1) is 0 Å². The first kappa shape index (κ1) is 17.7. The largest absolute Gasteiger partial charge is 0.338 e. The van der Waals surface area contributed by atoms with Gasteiger partial charge in [0.05, 0.1) is 11.0 Å². The van der Waals surface area contributed by atoms with Crippen LogP contribution in [-0.4, -0.2) is 9.97 Å². The van der Waals surface area contributed by atoms with Crippen molar-refractivity contribution in [1.82, 2.24) is 9.97 Å². The van der Waals surface area contributed by atoms with Gasteiger partial charge in [0.2, 0.25) is 0 Å². The molecule has 0 aliphatic heterocycles. The Morgan fingerprint density at radius 3 is 2.52 bits per heavy atom. The van der Waals surface area contributed by atoms with Crippen LogP contribution in [0.3, 0.4) is 0 Å². The summed E-state index contributed by atoms with van der Waals surface area (Å²) in [6, 6.07) is 10.7. The number of nitrogens with one attached hydrogen (secondary N) is 1. The third-order valence-corrected chi connectivity index (χ3v) is 5.30. The van der Waals surface area contributed by atoms with Gasteiger partial charge in [0, 0.05) is 5.56 Å². The van der Waals surface area contributed by atoms with Crippen LogP contribution in [0.5, 0.6) is 0 Å². The van der Waals surface area contributed by atoms with E-state index in [0.717, 1.165) is 23.3 Å². The SMILES string of the molecule is CCCCCCc1cc(C)c(CC)c(-c2nc3ccccc3[nH]2)c1C. The lowest BCUT2D eigenvalue weighted by atomic mass is 9.89. The average Bonchev–Trinajstić information content (AvgIpc) is 3.04.